The SMILES string of the molecule is CCCCC1=C(CCCC)C(C(=O)[O-])SS1.CCCCC1=C(CCCC)C(C(=O)[O-])SS1.[Zn+2]. The zero-order chi connectivity index (χ0) is 23.9. The minimum atomic E-state index is -0.921. The van der Waals surface area contributed by atoms with Crippen LogP contribution in [0.15, 0.2) is 21.0 Å². The van der Waals surface area contributed by atoms with Crippen molar-refractivity contribution in [3.63, 3.8) is 0 Å². The van der Waals surface area contributed by atoms with Crippen molar-refractivity contribution in [2.75, 3.05) is 0 Å². The number of hydrogen-bond donors (Lipinski definition) is 0. The molecule has 0 bridgehead atoms. The van der Waals surface area contributed by atoms with Crippen LogP contribution in [-0.2, 0) is 29.1 Å². The molecule has 0 N–H and O–H groups in total. The van der Waals surface area contributed by atoms with Gasteiger partial charge >= 0.3 is 19.5 Å². The Balaban J connectivity index is 0.000000602. The van der Waals surface area contributed by atoms with E-state index in [-0.39, 0.29) is 19.5 Å². The molecule has 9 heteroatoms. The molecule has 2 aliphatic heterocycles. The molecular weight excluding hydrogens is 546 g/mol. The summed E-state index contributed by atoms with van der Waals surface area (Å²) in [5.74, 6) is -1.84. The summed E-state index contributed by atoms with van der Waals surface area (Å²) in [5, 5.41) is 21.2. The first-order valence-electron chi connectivity index (χ1n) is 11.9. The van der Waals surface area contributed by atoms with E-state index in [2.05, 4.69) is 27.7 Å². The fourth-order valence-corrected chi connectivity index (χ4v) is 9.62. The van der Waals surface area contributed by atoms with E-state index < -0.39 is 22.4 Å². The number of aliphatic carboxylic acids is 2. The van der Waals surface area contributed by atoms with Crippen molar-refractivity contribution in [2.45, 2.75) is 115 Å². The summed E-state index contributed by atoms with van der Waals surface area (Å²) in [7, 11) is 6.20. The number of carboxylic acids is 2. The zero-order valence-corrected chi connectivity index (χ0v) is 26.8. The Hall–Kier alpha value is 0.443. The average Bonchev–Trinajstić information content (AvgIpc) is 3.37. The van der Waals surface area contributed by atoms with Gasteiger partial charge in [-0.2, -0.15) is 0 Å². The second kappa shape index (κ2) is 19.6. The van der Waals surface area contributed by atoms with Gasteiger partial charge in [-0.05, 0) is 72.3 Å². The summed E-state index contributed by atoms with van der Waals surface area (Å²) < 4.78 is 0. The van der Waals surface area contributed by atoms with Gasteiger partial charge in [-0.1, -0.05) is 96.6 Å². The summed E-state index contributed by atoms with van der Waals surface area (Å²) in [4.78, 5) is 24.6. The molecule has 0 saturated heterocycles. The van der Waals surface area contributed by atoms with Gasteiger partial charge in [0.1, 0.15) is 0 Å². The standard InChI is InChI=1S/2C12H20O2S2.Zn/c2*1-3-5-7-9-10(8-6-4-2)15-16-11(9)12(13)14;/h2*11H,3-8H2,1-2H3,(H,13,14);/q;;+2/p-2. The van der Waals surface area contributed by atoms with Gasteiger partial charge in [0, 0.05) is 0 Å². The van der Waals surface area contributed by atoms with Gasteiger partial charge in [0.15, 0.2) is 0 Å². The van der Waals surface area contributed by atoms with Crippen LogP contribution in [0.3, 0.4) is 0 Å². The molecule has 2 unspecified atom stereocenters. The van der Waals surface area contributed by atoms with Crippen molar-refractivity contribution in [3.8, 4) is 0 Å². The number of rotatable bonds is 14. The van der Waals surface area contributed by atoms with Crippen LogP contribution in [0.4, 0.5) is 0 Å². The number of hydrogen-bond acceptors (Lipinski definition) is 8. The van der Waals surface area contributed by atoms with Gasteiger partial charge in [0.05, 0.1) is 22.4 Å². The van der Waals surface area contributed by atoms with Gasteiger partial charge in [-0.3, -0.25) is 0 Å². The molecule has 0 aliphatic carbocycles. The Bertz CT molecular complexity index is 611. The minimum absolute atomic E-state index is 0. The Labute approximate surface area is 229 Å². The molecular formula is C24H38O4S4Zn. The predicted octanol–water partition coefficient (Wildman–Crippen LogP) is 6.27. The van der Waals surface area contributed by atoms with E-state index in [0.29, 0.717) is 0 Å². The van der Waals surface area contributed by atoms with E-state index in [1.165, 1.54) is 31.4 Å². The summed E-state index contributed by atoms with van der Waals surface area (Å²) in [6.45, 7) is 8.59. The van der Waals surface area contributed by atoms with Crippen molar-refractivity contribution in [3.05, 3.63) is 21.0 Å². The Kier molecular flexibility index (Phi) is 19.9. The topological polar surface area (TPSA) is 80.3 Å². The van der Waals surface area contributed by atoms with Gasteiger partial charge in [-0.15, -0.1) is 0 Å². The minimum Gasteiger partial charge on any atom is -0.549 e. The number of allylic oxidation sites excluding steroid dienone is 2. The predicted molar refractivity (Wildman–Crippen MR) is 140 cm³/mol. The van der Waals surface area contributed by atoms with Gasteiger partial charge in [0.25, 0.3) is 0 Å². The van der Waals surface area contributed by atoms with Gasteiger partial charge in [0.2, 0.25) is 0 Å². The maximum Gasteiger partial charge on any atom is 2.00 e. The average molecular weight is 584 g/mol. The Morgan fingerprint density at radius 1 is 0.636 bits per heavy atom. The summed E-state index contributed by atoms with van der Waals surface area (Å²) in [6.07, 6.45) is 12.9. The fourth-order valence-electron chi connectivity index (χ4n) is 3.45. The first-order chi connectivity index (χ1) is 15.4. The molecule has 2 rings (SSSR count). The normalized spacial score (nSPS) is 19.9. The molecule has 0 radical (unpaired) electrons. The molecule has 0 saturated carbocycles. The first kappa shape index (κ1) is 33.4. The van der Waals surface area contributed by atoms with Crippen LogP contribution >= 0.6 is 43.2 Å². The molecule has 0 amide bonds. The third kappa shape index (κ3) is 11.8. The molecule has 184 valence electrons. The van der Waals surface area contributed by atoms with Crippen LogP contribution in [0, 0.1) is 0 Å². The fraction of sp³-hybridized carbons (Fsp3) is 0.750. The summed E-state index contributed by atoms with van der Waals surface area (Å²) in [5.41, 5.74) is 2.26. The molecule has 2 heterocycles. The van der Waals surface area contributed by atoms with Crippen LogP contribution in [0.2, 0.25) is 0 Å². The number of carbonyl (C=O) groups is 2. The molecule has 0 fully saturated rings. The van der Waals surface area contributed by atoms with Crippen molar-refractivity contribution in [2.24, 2.45) is 0 Å². The van der Waals surface area contributed by atoms with Crippen molar-refractivity contribution < 1.29 is 39.3 Å². The van der Waals surface area contributed by atoms with Crippen LogP contribution in [0.25, 0.3) is 0 Å². The van der Waals surface area contributed by atoms with Gasteiger partial charge in [-0.25, -0.2) is 0 Å². The van der Waals surface area contributed by atoms with Crippen molar-refractivity contribution in [1.29, 1.82) is 0 Å². The van der Waals surface area contributed by atoms with Crippen LogP contribution < -0.4 is 10.2 Å². The van der Waals surface area contributed by atoms with E-state index in [4.69, 9.17) is 0 Å². The summed E-state index contributed by atoms with van der Waals surface area (Å²) >= 11 is 0. The monoisotopic (exact) mass is 582 g/mol. The Morgan fingerprint density at radius 2 is 0.939 bits per heavy atom. The van der Waals surface area contributed by atoms with Crippen LogP contribution in [0.1, 0.15) is 105 Å². The third-order valence-electron chi connectivity index (χ3n) is 5.38. The zero-order valence-electron chi connectivity index (χ0n) is 20.6. The largest absolute Gasteiger partial charge is 2.00 e. The second-order valence-electron chi connectivity index (χ2n) is 8.07. The molecule has 0 aromatic rings. The van der Waals surface area contributed by atoms with E-state index in [1.54, 1.807) is 21.6 Å². The van der Waals surface area contributed by atoms with Crippen molar-refractivity contribution in [1.82, 2.24) is 0 Å². The number of unbranched alkanes of at least 4 members (excludes halogenated alkanes) is 4. The quantitative estimate of drug-likeness (QED) is 0.175. The van der Waals surface area contributed by atoms with E-state index in [9.17, 15) is 19.8 Å². The van der Waals surface area contributed by atoms with E-state index in [0.717, 1.165) is 88.2 Å². The third-order valence-corrected chi connectivity index (χ3v) is 11.2. The first-order valence-corrected chi connectivity index (χ1v) is 16.4. The molecule has 2 atom stereocenters. The second-order valence-corrected chi connectivity index (χ2v) is 12.9. The molecule has 0 aromatic carbocycles. The molecule has 0 spiro atoms. The van der Waals surface area contributed by atoms with E-state index in [1.807, 2.05) is 0 Å². The van der Waals surface area contributed by atoms with Crippen LogP contribution in [-0.4, -0.2) is 22.4 Å². The summed E-state index contributed by atoms with van der Waals surface area (Å²) in [6, 6.07) is 0. The molecule has 33 heavy (non-hydrogen) atoms. The van der Waals surface area contributed by atoms with E-state index >= 15 is 0 Å². The maximum absolute atomic E-state index is 11.0. The Morgan fingerprint density at radius 3 is 1.21 bits per heavy atom. The maximum atomic E-state index is 11.0. The van der Waals surface area contributed by atoms with Crippen LogP contribution in [0.5, 0.6) is 0 Å². The molecule has 4 nitrogen and oxygen atoms in total. The number of carboxylic acid groups (broad SMARTS) is 2. The van der Waals surface area contributed by atoms with Gasteiger partial charge < -0.3 is 19.8 Å². The van der Waals surface area contributed by atoms with Crippen molar-refractivity contribution >= 4 is 55.1 Å². The molecule has 0 aromatic heterocycles. The smallest absolute Gasteiger partial charge is 0.549 e. The number of carbonyl (C=O) groups excluding carboxylic acids is 2. The molecule has 2 aliphatic rings.